The van der Waals surface area contributed by atoms with Crippen molar-refractivity contribution in [3.05, 3.63) is 102 Å². The minimum atomic E-state index is -0.324. The molecule has 1 amide bonds. The Kier molecular flexibility index (Phi) is 6.27. The molecule has 0 bridgehead atoms. The van der Waals surface area contributed by atoms with Gasteiger partial charge in [-0.3, -0.25) is 4.79 Å². The lowest BCUT2D eigenvalue weighted by Crippen LogP contribution is -2.48. The van der Waals surface area contributed by atoms with Crippen molar-refractivity contribution in [2.24, 2.45) is 0 Å². The molecule has 0 saturated carbocycles. The molecule has 5 rings (SSSR count). The number of methoxy groups -OCH3 is 1. The van der Waals surface area contributed by atoms with Crippen LogP contribution in [0, 0.1) is 12.7 Å². The molecule has 0 radical (unpaired) electrons. The molecule has 2 heterocycles. The topological polar surface area (TPSA) is 37.7 Å². The summed E-state index contributed by atoms with van der Waals surface area (Å²) in [5.41, 5.74) is 4.62. The van der Waals surface area contributed by atoms with E-state index in [2.05, 4.69) is 4.90 Å². The molecule has 1 aliphatic rings. The monoisotopic (exact) mass is 469 g/mol. The number of anilines is 1. The van der Waals surface area contributed by atoms with E-state index < -0.39 is 0 Å². The van der Waals surface area contributed by atoms with E-state index in [9.17, 15) is 9.18 Å². The zero-order valence-electron chi connectivity index (χ0n) is 19.9. The van der Waals surface area contributed by atoms with E-state index in [1.807, 2.05) is 83.1 Å². The smallest absolute Gasteiger partial charge is 0.255 e. The lowest BCUT2D eigenvalue weighted by atomic mass is 10.1. The molecule has 1 aliphatic heterocycles. The van der Waals surface area contributed by atoms with Crippen LogP contribution in [-0.4, -0.2) is 48.7 Å². The molecule has 4 aromatic rings. The molecule has 1 aromatic heterocycles. The predicted octanol–water partition coefficient (Wildman–Crippen LogP) is 5.56. The largest absolute Gasteiger partial charge is 0.497 e. The number of halogens is 1. The molecular weight excluding hydrogens is 441 g/mol. The van der Waals surface area contributed by atoms with Gasteiger partial charge in [-0.1, -0.05) is 42.5 Å². The first-order chi connectivity index (χ1) is 17.1. The molecular formula is C29H28FN3O2. The van der Waals surface area contributed by atoms with Crippen LogP contribution in [0.25, 0.3) is 16.9 Å². The van der Waals surface area contributed by atoms with Crippen LogP contribution >= 0.6 is 0 Å². The summed E-state index contributed by atoms with van der Waals surface area (Å²) in [5.74, 6) is 0.478. The van der Waals surface area contributed by atoms with Crippen molar-refractivity contribution in [1.29, 1.82) is 0 Å². The van der Waals surface area contributed by atoms with Gasteiger partial charge in [0.25, 0.3) is 5.91 Å². The summed E-state index contributed by atoms with van der Waals surface area (Å²) < 4.78 is 21.9. The van der Waals surface area contributed by atoms with E-state index in [0.717, 1.165) is 41.5 Å². The van der Waals surface area contributed by atoms with Gasteiger partial charge in [0, 0.05) is 37.6 Å². The van der Waals surface area contributed by atoms with Gasteiger partial charge in [-0.15, -0.1) is 0 Å². The molecule has 0 unspecified atom stereocenters. The number of para-hydroxylation sites is 1. The molecule has 6 heteroatoms. The summed E-state index contributed by atoms with van der Waals surface area (Å²) >= 11 is 0. The Balaban J connectivity index is 1.43. The van der Waals surface area contributed by atoms with Gasteiger partial charge in [0.05, 0.1) is 24.1 Å². The van der Waals surface area contributed by atoms with E-state index in [1.54, 1.807) is 19.2 Å². The molecule has 0 atom stereocenters. The van der Waals surface area contributed by atoms with Crippen molar-refractivity contribution < 1.29 is 13.9 Å². The van der Waals surface area contributed by atoms with Crippen molar-refractivity contribution in [2.45, 2.75) is 6.92 Å². The van der Waals surface area contributed by atoms with Crippen molar-refractivity contribution in [1.82, 2.24) is 9.47 Å². The van der Waals surface area contributed by atoms with Crippen LogP contribution in [0.4, 0.5) is 10.1 Å². The van der Waals surface area contributed by atoms with E-state index >= 15 is 0 Å². The van der Waals surface area contributed by atoms with Crippen LogP contribution in [0.1, 0.15) is 16.1 Å². The number of carbonyl (C=O) groups excluding carboxylic acids is 1. The number of hydrogen-bond acceptors (Lipinski definition) is 3. The van der Waals surface area contributed by atoms with Crippen LogP contribution in [0.3, 0.4) is 0 Å². The SMILES string of the molecule is COc1ccc(N2CCN(C(=O)c3cc(-c4ccccc4)n(-c4ccccc4F)c3C)CC2)cc1. The number of ether oxygens (including phenoxy) is 1. The van der Waals surface area contributed by atoms with Gasteiger partial charge in [0.2, 0.25) is 0 Å². The fraction of sp³-hybridized carbons (Fsp3) is 0.207. The van der Waals surface area contributed by atoms with E-state index in [1.165, 1.54) is 6.07 Å². The number of aromatic nitrogens is 1. The second-order valence-corrected chi connectivity index (χ2v) is 8.66. The Morgan fingerprint density at radius 2 is 1.51 bits per heavy atom. The molecule has 0 spiro atoms. The molecule has 0 N–H and O–H groups in total. The summed E-state index contributed by atoms with van der Waals surface area (Å²) in [6.07, 6.45) is 0. The number of piperazine rings is 1. The number of hydrogen-bond donors (Lipinski definition) is 0. The van der Waals surface area contributed by atoms with Crippen LogP contribution < -0.4 is 9.64 Å². The van der Waals surface area contributed by atoms with Crippen molar-refractivity contribution in [2.75, 3.05) is 38.2 Å². The summed E-state index contributed by atoms with van der Waals surface area (Å²) in [4.78, 5) is 17.8. The first-order valence-electron chi connectivity index (χ1n) is 11.8. The molecule has 35 heavy (non-hydrogen) atoms. The quantitative estimate of drug-likeness (QED) is 0.384. The Morgan fingerprint density at radius 3 is 2.17 bits per heavy atom. The van der Waals surface area contributed by atoms with Crippen LogP contribution in [-0.2, 0) is 0 Å². The summed E-state index contributed by atoms with van der Waals surface area (Å²) in [5, 5.41) is 0. The highest BCUT2D eigenvalue weighted by atomic mass is 19.1. The van der Waals surface area contributed by atoms with Crippen molar-refractivity contribution in [3.63, 3.8) is 0 Å². The fourth-order valence-corrected chi connectivity index (χ4v) is 4.72. The molecule has 178 valence electrons. The van der Waals surface area contributed by atoms with Gasteiger partial charge in [-0.2, -0.15) is 0 Å². The van der Waals surface area contributed by atoms with Gasteiger partial charge < -0.3 is 19.1 Å². The third-order valence-corrected chi connectivity index (χ3v) is 6.64. The van der Waals surface area contributed by atoms with Gasteiger partial charge in [0.15, 0.2) is 0 Å². The zero-order valence-corrected chi connectivity index (χ0v) is 19.9. The average molecular weight is 470 g/mol. The van der Waals surface area contributed by atoms with Crippen molar-refractivity contribution >= 4 is 11.6 Å². The highest BCUT2D eigenvalue weighted by Gasteiger charge is 2.27. The van der Waals surface area contributed by atoms with E-state index in [-0.39, 0.29) is 11.7 Å². The number of amides is 1. The second kappa shape index (κ2) is 9.66. The van der Waals surface area contributed by atoms with E-state index in [0.29, 0.717) is 24.3 Å². The Bertz CT molecular complexity index is 1320. The molecule has 3 aromatic carbocycles. The third-order valence-electron chi connectivity index (χ3n) is 6.64. The Morgan fingerprint density at radius 1 is 0.857 bits per heavy atom. The van der Waals surface area contributed by atoms with Gasteiger partial charge in [-0.25, -0.2) is 4.39 Å². The van der Waals surface area contributed by atoms with E-state index in [4.69, 9.17) is 4.74 Å². The average Bonchev–Trinajstić information content (AvgIpc) is 3.26. The second-order valence-electron chi connectivity index (χ2n) is 8.66. The molecule has 0 aliphatic carbocycles. The minimum absolute atomic E-state index is 0.0239. The van der Waals surface area contributed by atoms with Gasteiger partial charge >= 0.3 is 0 Å². The fourth-order valence-electron chi connectivity index (χ4n) is 4.72. The lowest BCUT2D eigenvalue weighted by Gasteiger charge is -2.36. The normalized spacial score (nSPS) is 13.7. The maximum atomic E-state index is 14.8. The zero-order chi connectivity index (χ0) is 24.4. The first-order valence-corrected chi connectivity index (χ1v) is 11.8. The highest BCUT2D eigenvalue weighted by Crippen LogP contribution is 2.31. The Hall–Kier alpha value is -4.06. The van der Waals surface area contributed by atoms with Crippen LogP contribution in [0.2, 0.25) is 0 Å². The predicted molar refractivity (Wildman–Crippen MR) is 137 cm³/mol. The maximum Gasteiger partial charge on any atom is 0.255 e. The lowest BCUT2D eigenvalue weighted by molar-refractivity contribution is 0.0746. The standard InChI is InChI=1S/C29H28FN3O2/c1-21-25(29(34)32-18-16-31(17-19-32)23-12-14-24(35-2)15-13-23)20-28(22-8-4-3-5-9-22)33(21)27-11-7-6-10-26(27)30/h3-15,20H,16-19H2,1-2H3. The van der Waals surface area contributed by atoms with Gasteiger partial charge in [0.1, 0.15) is 11.6 Å². The summed E-state index contributed by atoms with van der Waals surface area (Å²) in [7, 11) is 1.66. The summed E-state index contributed by atoms with van der Waals surface area (Å²) in [6, 6.07) is 26.4. The number of nitrogens with zero attached hydrogens (tertiary/aromatic N) is 3. The van der Waals surface area contributed by atoms with Crippen molar-refractivity contribution in [3.8, 4) is 22.7 Å². The molecule has 1 saturated heterocycles. The number of rotatable bonds is 5. The summed E-state index contributed by atoms with van der Waals surface area (Å²) in [6.45, 7) is 4.62. The first kappa shape index (κ1) is 22.7. The number of carbonyl (C=O) groups is 1. The van der Waals surface area contributed by atoms with Crippen LogP contribution in [0.15, 0.2) is 84.9 Å². The van der Waals surface area contributed by atoms with Gasteiger partial charge in [-0.05, 0) is 55.0 Å². The maximum absolute atomic E-state index is 14.8. The molecule has 5 nitrogen and oxygen atoms in total. The highest BCUT2D eigenvalue weighted by molar-refractivity contribution is 5.97. The third kappa shape index (κ3) is 4.39. The minimum Gasteiger partial charge on any atom is -0.497 e. The molecule has 1 fully saturated rings. The number of benzene rings is 3. The Labute approximate surface area is 205 Å². The van der Waals surface area contributed by atoms with Crippen LogP contribution in [0.5, 0.6) is 5.75 Å².